The van der Waals surface area contributed by atoms with E-state index in [0.29, 0.717) is 17.0 Å². The van der Waals surface area contributed by atoms with E-state index in [9.17, 15) is 9.59 Å². The highest BCUT2D eigenvalue weighted by Gasteiger charge is 2.22. The Balaban J connectivity index is 2.04. The summed E-state index contributed by atoms with van der Waals surface area (Å²) in [6, 6.07) is 7.06. The molecule has 1 aromatic carbocycles. The van der Waals surface area contributed by atoms with Crippen LogP contribution >= 0.6 is 0 Å². The average molecular weight is 332 g/mol. The normalized spacial score (nSPS) is 10.2. The number of para-hydroxylation sites is 2. The Labute approximate surface area is 140 Å². The van der Waals surface area contributed by atoms with Gasteiger partial charge in [0.25, 0.3) is 5.91 Å². The van der Waals surface area contributed by atoms with Crippen LogP contribution < -0.4 is 14.8 Å². The molecule has 0 unspecified atom stereocenters. The third-order valence-electron chi connectivity index (χ3n) is 3.33. The summed E-state index contributed by atoms with van der Waals surface area (Å²) in [4.78, 5) is 25.9. The van der Waals surface area contributed by atoms with Crippen molar-refractivity contribution >= 4 is 17.5 Å². The molecule has 1 aromatic heterocycles. The largest absolute Gasteiger partial charge is 0.495 e. The Morgan fingerprint density at radius 2 is 1.96 bits per heavy atom. The standard InChI is InChI=1S/C16H20N4O4/c1-19(16(22)11-9-20(2)18-15(11)24-4)10-14(21)17-12-7-5-6-8-13(12)23-3/h5-9H,10H2,1-4H3,(H,17,21). The van der Waals surface area contributed by atoms with Crippen LogP contribution in [-0.2, 0) is 11.8 Å². The first-order valence-electron chi connectivity index (χ1n) is 7.22. The number of anilines is 1. The SMILES string of the molecule is COc1ccccc1NC(=O)CN(C)C(=O)c1cn(C)nc1OC. The second-order valence-electron chi connectivity index (χ2n) is 5.14. The van der Waals surface area contributed by atoms with Gasteiger partial charge in [0, 0.05) is 20.3 Å². The van der Waals surface area contributed by atoms with Crippen molar-refractivity contribution in [1.82, 2.24) is 14.7 Å². The molecule has 0 aliphatic rings. The Morgan fingerprint density at radius 1 is 1.25 bits per heavy atom. The van der Waals surface area contributed by atoms with E-state index in [2.05, 4.69) is 10.4 Å². The van der Waals surface area contributed by atoms with Gasteiger partial charge < -0.3 is 19.7 Å². The van der Waals surface area contributed by atoms with Crippen molar-refractivity contribution in [1.29, 1.82) is 0 Å². The van der Waals surface area contributed by atoms with E-state index >= 15 is 0 Å². The molecular formula is C16H20N4O4. The zero-order valence-corrected chi connectivity index (χ0v) is 14.1. The third-order valence-corrected chi connectivity index (χ3v) is 3.33. The highest BCUT2D eigenvalue weighted by atomic mass is 16.5. The number of aryl methyl sites for hydroxylation is 1. The van der Waals surface area contributed by atoms with Gasteiger partial charge >= 0.3 is 0 Å². The van der Waals surface area contributed by atoms with Crippen LogP contribution in [0.4, 0.5) is 5.69 Å². The number of hydrogen-bond acceptors (Lipinski definition) is 5. The minimum absolute atomic E-state index is 0.116. The molecule has 8 nitrogen and oxygen atoms in total. The molecule has 0 atom stereocenters. The first-order chi connectivity index (χ1) is 11.5. The number of likely N-dealkylation sites (N-methyl/N-ethyl adjacent to an activating group) is 1. The molecule has 1 heterocycles. The molecule has 2 aromatic rings. The fourth-order valence-corrected chi connectivity index (χ4v) is 2.20. The van der Waals surface area contributed by atoms with Gasteiger partial charge in [-0.25, -0.2) is 0 Å². The van der Waals surface area contributed by atoms with E-state index < -0.39 is 0 Å². The molecule has 0 saturated carbocycles. The van der Waals surface area contributed by atoms with Crippen LogP contribution in [0.3, 0.4) is 0 Å². The smallest absolute Gasteiger partial charge is 0.261 e. The second kappa shape index (κ2) is 7.49. The average Bonchev–Trinajstić information content (AvgIpc) is 2.95. The summed E-state index contributed by atoms with van der Waals surface area (Å²) >= 11 is 0. The first-order valence-corrected chi connectivity index (χ1v) is 7.22. The zero-order chi connectivity index (χ0) is 17.7. The number of methoxy groups -OCH3 is 2. The topological polar surface area (TPSA) is 85.7 Å². The summed E-state index contributed by atoms with van der Waals surface area (Å²) in [5.74, 6) is 0.0848. The van der Waals surface area contributed by atoms with Gasteiger partial charge in [-0.15, -0.1) is 5.10 Å². The molecule has 0 bridgehead atoms. The molecule has 8 heteroatoms. The predicted octanol–water partition coefficient (Wildman–Crippen LogP) is 1.15. The molecule has 2 amide bonds. The Bertz CT molecular complexity index is 741. The molecular weight excluding hydrogens is 312 g/mol. The lowest BCUT2D eigenvalue weighted by Crippen LogP contribution is -2.35. The molecule has 0 saturated heterocycles. The molecule has 2 rings (SSSR count). The van der Waals surface area contributed by atoms with Crippen LogP contribution in [0.15, 0.2) is 30.5 Å². The second-order valence-corrected chi connectivity index (χ2v) is 5.14. The van der Waals surface area contributed by atoms with Gasteiger partial charge in [0.15, 0.2) is 0 Å². The van der Waals surface area contributed by atoms with Gasteiger partial charge in [0.1, 0.15) is 11.3 Å². The summed E-state index contributed by atoms with van der Waals surface area (Å²) in [7, 11) is 6.19. The third kappa shape index (κ3) is 3.83. The minimum Gasteiger partial charge on any atom is -0.495 e. The highest BCUT2D eigenvalue weighted by molar-refractivity contribution is 6.00. The van der Waals surface area contributed by atoms with Crippen LogP contribution in [0, 0.1) is 0 Å². The maximum Gasteiger partial charge on any atom is 0.261 e. The lowest BCUT2D eigenvalue weighted by molar-refractivity contribution is -0.116. The van der Waals surface area contributed by atoms with E-state index in [1.807, 2.05) is 0 Å². The molecule has 0 radical (unpaired) electrons. The van der Waals surface area contributed by atoms with Gasteiger partial charge in [0.2, 0.25) is 11.8 Å². The number of carbonyl (C=O) groups is 2. The Kier molecular flexibility index (Phi) is 5.41. The van der Waals surface area contributed by atoms with Crippen molar-refractivity contribution in [2.45, 2.75) is 0 Å². The number of hydrogen-bond donors (Lipinski definition) is 1. The molecule has 0 spiro atoms. The van der Waals surface area contributed by atoms with Crippen LogP contribution in [-0.4, -0.2) is 54.3 Å². The predicted molar refractivity (Wildman–Crippen MR) is 88.3 cm³/mol. The molecule has 0 fully saturated rings. The number of carbonyl (C=O) groups excluding carboxylic acids is 2. The molecule has 24 heavy (non-hydrogen) atoms. The van der Waals surface area contributed by atoms with Crippen molar-refractivity contribution < 1.29 is 19.1 Å². The van der Waals surface area contributed by atoms with Gasteiger partial charge in [-0.1, -0.05) is 12.1 Å². The summed E-state index contributed by atoms with van der Waals surface area (Å²) in [5.41, 5.74) is 0.845. The van der Waals surface area contributed by atoms with Crippen LogP contribution in [0.2, 0.25) is 0 Å². The summed E-state index contributed by atoms with van der Waals surface area (Å²) in [5, 5.41) is 6.75. The van der Waals surface area contributed by atoms with Gasteiger partial charge in [-0.2, -0.15) is 0 Å². The molecule has 1 N–H and O–H groups in total. The van der Waals surface area contributed by atoms with Gasteiger partial charge in [0.05, 0.1) is 26.5 Å². The number of rotatable bonds is 6. The van der Waals surface area contributed by atoms with Crippen LogP contribution in [0.1, 0.15) is 10.4 Å². The van der Waals surface area contributed by atoms with Crippen molar-refractivity contribution in [3.63, 3.8) is 0 Å². The lowest BCUT2D eigenvalue weighted by Gasteiger charge is -2.17. The number of nitrogens with zero attached hydrogens (tertiary/aromatic N) is 3. The lowest BCUT2D eigenvalue weighted by atomic mass is 10.2. The van der Waals surface area contributed by atoms with Crippen molar-refractivity contribution in [2.75, 3.05) is 33.1 Å². The first kappa shape index (κ1) is 17.3. The molecule has 0 aliphatic carbocycles. The summed E-state index contributed by atoms with van der Waals surface area (Å²) in [6.07, 6.45) is 1.55. The maximum atomic E-state index is 12.4. The van der Waals surface area contributed by atoms with E-state index in [-0.39, 0.29) is 24.2 Å². The minimum atomic E-state index is -0.352. The number of ether oxygens (including phenoxy) is 2. The van der Waals surface area contributed by atoms with Gasteiger partial charge in [-0.3, -0.25) is 14.3 Å². The Hall–Kier alpha value is -3.03. The maximum absolute atomic E-state index is 12.4. The summed E-state index contributed by atoms with van der Waals surface area (Å²) < 4.78 is 11.7. The fourth-order valence-electron chi connectivity index (χ4n) is 2.20. The van der Waals surface area contributed by atoms with Crippen molar-refractivity contribution in [3.05, 3.63) is 36.0 Å². The van der Waals surface area contributed by atoms with E-state index in [1.54, 1.807) is 37.5 Å². The Morgan fingerprint density at radius 3 is 2.62 bits per heavy atom. The summed E-state index contributed by atoms with van der Waals surface area (Å²) in [6.45, 7) is -0.116. The molecule has 128 valence electrons. The van der Waals surface area contributed by atoms with Crippen molar-refractivity contribution in [2.24, 2.45) is 7.05 Å². The van der Waals surface area contributed by atoms with E-state index in [4.69, 9.17) is 9.47 Å². The molecule has 0 aliphatic heterocycles. The van der Waals surface area contributed by atoms with E-state index in [1.165, 1.54) is 30.8 Å². The quantitative estimate of drug-likeness (QED) is 0.857. The van der Waals surface area contributed by atoms with Crippen LogP contribution in [0.5, 0.6) is 11.6 Å². The number of aromatic nitrogens is 2. The number of nitrogens with one attached hydrogen (secondary N) is 1. The highest BCUT2D eigenvalue weighted by Crippen LogP contribution is 2.23. The monoisotopic (exact) mass is 332 g/mol. The van der Waals surface area contributed by atoms with Crippen molar-refractivity contribution in [3.8, 4) is 11.6 Å². The number of amides is 2. The number of benzene rings is 1. The zero-order valence-electron chi connectivity index (χ0n) is 14.1. The van der Waals surface area contributed by atoms with Crippen LogP contribution in [0.25, 0.3) is 0 Å². The van der Waals surface area contributed by atoms with E-state index in [0.717, 1.165) is 0 Å². The van der Waals surface area contributed by atoms with Gasteiger partial charge in [-0.05, 0) is 12.1 Å². The fraction of sp³-hybridized carbons (Fsp3) is 0.312.